The van der Waals surface area contributed by atoms with Gasteiger partial charge < -0.3 is 9.80 Å². The van der Waals surface area contributed by atoms with Crippen LogP contribution < -0.4 is 0 Å². The number of nitriles is 1. The summed E-state index contributed by atoms with van der Waals surface area (Å²) in [7, 11) is 0. The Morgan fingerprint density at radius 2 is 1.70 bits per heavy atom. The molecule has 1 fully saturated rings. The third-order valence-electron chi connectivity index (χ3n) is 3.29. The maximum atomic E-state index is 12.3. The van der Waals surface area contributed by atoms with Crippen LogP contribution >= 0.6 is 0 Å². The number of nitrogens with zero attached hydrogens (tertiary/aromatic N) is 3. The predicted octanol–water partition coefficient (Wildman–Crippen LogP) is 2.47. The van der Waals surface area contributed by atoms with Gasteiger partial charge in [0.2, 0.25) is 0 Å². The predicted molar refractivity (Wildman–Crippen MR) is 80.7 cm³/mol. The molecule has 4 nitrogen and oxygen atoms in total. The number of rotatable bonds is 6. The van der Waals surface area contributed by atoms with E-state index in [1.165, 1.54) is 12.8 Å². The Morgan fingerprint density at radius 3 is 2.15 bits per heavy atom. The number of likely N-dealkylation sites (tertiary alicyclic amines) is 1. The van der Waals surface area contributed by atoms with Crippen molar-refractivity contribution in [1.29, 1.82) is 5.26 Å². The Labute approximate surface area is 121 Å². The standard InChI is InChI=1S/C16H23N3O/c1-3-9-19(10-4-2)16(20)15(13-17)14-18-11-7-5-6-8-12-18/h3-4,14H,1-2,5-12H2/b15-14-. The molecule has 0 unspecified atom stereocenters. The van der Waals surface area contributed by atoms with Gasteiger partial charge in [0.25, 0.3) is 5.91 Å². The molecule has 1 heterocycles. The van der Waals surface area contributed by atoms with Gasteiger partial charge in [-0.15, -0.1) is 13.2 Å². The highest BCUT2D eigenvalue weighted by Crippen LogP contribution is 2.12. The van der Waals surface area contributed by atoms with Crippen LogP contribution in [-0.4, -0.2) is 41.9 Å². The Bertz CT molecular complexity index is 402. The molecule has 1 rings (SSSR count). The van der Waals surface area contributed by atoms with Gasteiger partial charge in [0.05, 0.1) is 0 Å². The quantitative estimate of drug-likeness (QED) is 0.424. The van der Waals surface area contributed by atoms with Crippen molar-refractivity contribution in [2.75, 3.05) is 26.2 Å². The first-order chi connectivity index (χ1) is 9.72. The minimum Gasteiger partial charge on any atom is -0.376 e. The number of amides is 1. The third kappa shape index (κ3) is 4.93. The molecule has 20 heavy (non-hydrogen) atoms. The summed E-state index contributed by atoms with van der Waals surface area (Å²) in [4.78, 5) is 16.0. The summed E-state index contributed by atoms with van der Waals surface area (Å²) in [6.07, 6.45) is 9.70. The fourth-order valence-corrected chi connectivity index (χ4v) is 2.26. The van der Waals surface area contributed by atoms with Crippen LogP contribution in [0, 0.1) is 11.3 Å². The molecule has 1 aliphatic rings. The lowest BCUT2D eigenvalue weighted by Crippen LogP contribution is -2.33. The highest BCUT2D eigenvalue weighted by atomic mass is 16.2. The van der Waals surface area contributed by atoms with E-state index in [4.69, 9.17) is 0 Å². The lowest BCUT2D eigenvalue weighted by molar-refractivity contribution is -0.125. The zero-order chi connectivity index (χ0) is 14.8. The molecule has 1 amide bonds. The summed E-state index contributed by atoms with van der Waals surface area (Å²) in [5, 5.41) is 9.24. The molecule has 0 N–H and O–H groups in total. The topological polar surface area (TPSA) is 47.3 Å². The van der Waals surface area contributed by atoms with Crippen LogP contribution in [-0.2, 0) is 4.79 Å². The van der Waals surface area contributed by atoms with Crippen molar-refractivity contribution in [3.8, 4) is 6.07 Å². The van der Waals surface area contributed by atoms with Gasteiger partial charge in [-0.05, 0) is 12.8 Å². The van der Waals surface area contributed by atoms with E-state index in [9.17, 15) is 10.1 Å². The normalized spacial score (nSPS) is 15.9. The highest BCUT2D eigenvalue weighted by molar-refractivity contribution is 5.97. The first-order valence-electron chi connectivity index (χ1n) is 7.10. The molecule has 108 valence electrons. The van der Waals surface area contributed by atoms with Gasteiger partial charge in [-0.25, -0.2) is 0 Å². The fraction of sp³-hybridized carbons (Fsp3) is 0.500. The summed E-state index contributed by atoms with van der Waals surface area (Å²) < 4.78 is 0. The molecule has 0 aromatic carbocycles. The van der Waals surface area contributed by atoms with Crippen LogP contribution in [0.4, 0.5) is 0 Å². The summed E-state index contributed by atoms with van der Waals surface area (Å²) in [5.74, 6) is -0.253. The number of hydrogen-bond donors (Lipinski definition) is 0. The first kappa shape index (κ1) is 16.0. The Hall–Kier alpha value is -2.02. The highest BCUT2D eigenvalue weighted by Gasteiger charge is 2.17. The Balaban J connectivity index is 2.80. The number of carbonyl (C=O) groups excluding carboxylic acids is 1. The second-order valence-corrected chi connectivity index (χ2v) is 4.89. The van der Waals surface area contributed by atoms with Gasteiger partial charge in [0.15, 0.2) is 0 Å². The van der Waals surface area contributed by atoms with Crippen LogP contribution in [0.25, 0.3) is 0 Å². The third-order valence-corrected chi connectivity index (χ3v) is 3.29. The van der Waals surface area contributed by atoms with E-state index in [0.717, 1.165) is 25.9 Å². The fourth-order valence-electron chi connectivity index (χ4n) is 2.26. The van der Waals surface area contributed by atoms with Crippen molar-refractivity contribution in [2.24, 2.45) is 0 Å². The summed E-state index contributed by atoms with van der Waals surface area (Å²) >= 11 is 0. The molecule has 0 aliphatic carbocycles. The molecule has 4 heteroatoms. The monoisotopic (exact) mass is 273 g/mol. The van der Waals surface area contributed by atoms with Crippen molar-refractivity contribution in [3.05, 3.63) is 37.1 Å². The van der Waals surface area contributed by atoms with Crippen molar-refractivity contribution < 1.29 is 4.79 Å². The molecule has 0 bridgehead atoms. The van der Waals surface area contributed by atoms with E-state index in [-0.39, 0.29) is 11.5 Å². The maximum Gasteiger partial charge on any atom is 0.266 e. The minimum absolute atomic E-state index is 0.190. The van der Waals surface area contributed by atoms with Gasteiger partial charge in [-0.1, -0.05) is 25.0 Å². The van der Waals surface area contributed by atoms with Crippen molar-refractivity contribution >= 4 is 5.91 Å². The molecule has 1 saturated heterocycles. The number of carbonyl (C=O) groups is 1. The van der Waals surface area contributed by atoms with Gasteiger partial charge in [-0.2, -0.15) is 5.26 Å². The molecular weight excluding hydrogens is 250 g/mol. The molecule has 0 radical (unpaired) electrons. The first-order valence-corrected chi connectivity index (χ1v) is 7.10. The lowest BCUT2D eigenvalue weighted by Gasteiger charge is -2.21. The Morgan fingerprint density at radius 1 is 1.15 bits per heavy atom. The average molecular weight is 273 g/mol. The molecule has 1 aliphatic heterocycles. The SMILES string of the molecule is C=CCN(CC=C)C(=O)/C(C#N)=C\N1CCCCCC1. The van der Waals surface area contributed by atoms with Crippen molar-refractivity contribution in [1.82, 2.24) is 9.80 Å². The summed E-state index contributed by atoms with van der Waals surface area (Å²) in [6, 6.07) is 2.03. The van der Waals surface area contributed by atoms with Gasteiger partial charge in [0.1, 0.15) is 11.6 Å². The summed E-state index contributed by atoms with van der Waals surface area (Å²) in [6.45, 7) is 9.95. The lowest BCUT2D eigenvalue weighted by atomic mass is 10.2. The molecule has 0 spiro atoms. The Kier molecular flexibility index (Phi) is 7.20. The molecule has 0 aromatic rings. The van der Waals surface area contributed by atoms with Crippen LogP contribution in [0.15, 0.2) is 37.1 Å². The van der Waals surface area contributed by atoms with E-state index >= 15 is 0 Å². The zero-order valence-electron chi connectivity index (χ0n) is 12.1. The van der Waals surface area contributed by atoms with Crippen LogP contribution in [0.3, 0.4) is 0 Å². The molecule has 0 atom stereocenters. The van der Waals surface area contributed by atoms with Crippen molar-refractivity contribution in [2.45, 2.75) is 25.7 Å². The van der Waals surface area contributed by atoms with Crippen LogP contribution in [0.5, 0.6) is 0 Å². The van der Waals surface area contributed by atoms with E-state index in [1.807, 2.05) is 6.07 Å². The number of hydrogen-bond acceptors (Lipinski definition) is 3. The van der Waals surface area contributed by atoms with E-state index in [0.29, 0.717) is 13.1 Å². The maximum absolute atomic E-state index is 12.3. The van der Waals surface area contributed by atoms with Crippen molar-refractivity contribution in [3.63, 3.8) is 0 Å². The second kappa shape index (κ2) is 8.98. The summed E-state index contributed by atoms with van der Waals surface area (Å²) in [5.41, 5.74) is 0.190. The van der Waals surface area contributed by atoms with E-state index < -0.39 is 0 Å². The van der Waals surface area contributed by atoms with E-state index in [1.54, 1.807) is 23.3 Å². The van der Waals surface area contributed by atoms with Crippen LogP contribution in [0.1, 0.15) is 25.7 Å². The second-order valence-electron chi connectivity index (χ2n) is 4.89. The molecule has 0 aromatic heterocycles. The smallest absolute Gasteiger partial charge is 0.266 e. The molecule has 0 saturated carbocycles. The largest absolute Gasteiger partial charge is 0.376 e. The minimum atomic E-state index is -0.253. The van der Waals surface area contributed by atoms with Gasteiger partial charge >= 0.3 is 0 Å². The van der Waals surface area contributed by atoms with Gasteiger partial charge in [-0.3, -0.25) is 4.79 Å². The molecular formula is C16H23N3O. The van der Waals surface area contributed by atoms with Gasteiger partial charge in [0, 0.05) is 32.4 Å². The zero-order valence-corrected chi connectivity index (χ0v) is 12.1. The van der Waals surface area contributed by atoms with E-state index in [2.05, 4.69) is 18.1 Å². The van der Waals surface area contributed by atoms with Crippen LogP contribution in [0.2, 0.25) is 0 Å². The average Bonchev–Trinajstić information content (AvgIpc) is 2.72.